The van der Waals surface area contributed by atoms with E-state index in [0.29, 0.717) is 24.5 Å². The van der Waals surface area contributed by atoms with Gasteiger partial charge in [0, 0.05) is 0 Å². The second-order valence-electron chi connectivity index (χ2n) is 5.75. The predicted octanol–water partition coefficient (Wildman–Crippen LogP) is 3.31. The molecule has 0 amide bonds. The van der Waals surface area contributed by atoms with E-state index in [-0.39, 0.29) is 6.10 Å². The van der Waals surface area contributed by atoms with Crippen molar-refractivity contribution in [3.63, 3.8) is 0 Å². The van der Waals surface area contributed by atoms with E-state index in [1.165, 1.54) is 5.56 Å². The average molecular weight is 258 g/mol. The normalized spacial score (nSPS) is 33.9. The van der Waals surface area contributed by atoms with Crippen molar-refractivity contribution in [1.82, 2.24) is 0 Å². The third-order valence-corrected chi connectivity index (χ3v) is 4.56. The minimum atomic E-state index is -0.133. The van der Waals surface area contributed by atoms with E-state index in [1.54, 1.807) is 0 Å². The number of benzene rings is 1. The number of allylic oxidation sites excluding steroid dienone is 2. The summed E-state index contributed by atoms with van der Waals surface area (Å²) in [7, 11) is 0. The van der Waals surface area contributed by atoms with Gasteiger partial charge in [-0.25, -0.2) is 0 Å². The quantitative estimate of drug-likeness (QED) is 0.843. The van der Waals surface area contributed by atoms with E-state index in [1.807, 2.05) is 6.07 Å². The molecule has 2 aliphatic rings. The molecule has 0 radical (unpaired) electrons. The Kier molecular flexibility index (Phi) is 4.00. The van der Waals surface area contributed by atoms with Crippen LogP contribution in [-0.4, -0.2) is 17.3 Å². The van der Waals surface area contributed by atoms with Crippen molar-refractivity contribution >= 4 is 0 Å². The summed E-state index contributed by atoms with van der Waals surface area (Å²) < 4.78 is 6.14. The third-order valence-electron chi connectivity index (χ3n) is 4.56. The van der Waals surface area contributed by atoms with Crippen molar-refractivity contribution in [1.29, 1.82) is 0 Å². The Morgan fingerprint density at radius 1 is 1.00 bits per heavy atom. The van der Waals surface area contributed by atoms with E-state index in [0.717, 1.165) is 25.7 Å². The molecule has 19 heavy (non-hydrogen) atoms. The van der Waals surface area contributed by atoms with Gasteiger partial charge in [0.1, 0.15) is 0 Å². The maximum atomic E-state index is 10.1. The summed E-state index contributed by atoms with van der Waals surface area (Å²) in [5.74, 6) is 0.900. The first-order valence-corrected chi connectivity index (χ1v) is 7.33. The zero-order chi connectivity index (χ0) is 13.1. The van der Waals surface area contributed by atoms with Gasteiger partial charge in [-0.2, -0.15) is 0 Å². The van der Waals surface area contributed by atoms with Crippen LogP contribution in [0.4, 0.5) is 0 Å². The van der Waals surface area contributed by atoms with Gasteiger partial charge in [-0.1, -0.05) is 42.5 Å². The highest BCUT2D eigenvalue weighted by Crippen LogP contribution is 2.39. The van der Waals surface area contributed by atoms with Crippen LogP contribution in [0.2, 0.25) is 0 Å². The van der Waals surface area contributed by atoms with Gasteiger partial charge in [0.15, 0.2) is 0 Å². The Labute approximate surface area is 115 Å². The molecule has 3 rings (SSSR count). The lowest BCUT2D eigenvalue weighted by Crippen LogP contribution is -2.42. The Morgan fingerprint density at radius 2 is 1.74 bits per heavy atom. The molecule has 0 saturated heterocycles. The fraction of sp³-hybridized carbons (Fsp3) is 0.529. The van der Waals surface area contributed by atoms with Crippen molar-refractivity contribution in [2.24, 2.45) is 11.8 Å². The van der Waals surface area contributed by atoms with Gasteiger partial charge in [0.05, 0.1) is 18.8 Å². The fourth-order valence-electron chi connectivity index (χ4n) is 3.47. The molecule has 1 N–H and O–H groups in total. The molecule has 2 aliphatic carbocycles. The molecular formula is C17H22O2. The van der Waals surface area contributed by atoms with Gasteiger partial charge < -0.3 is 9.84 Å². The molecule has 1 saturated carbocycles. The van der Waals surface area contributed by atoms with Crippen LogP contribution in [0.1, 0.15) is 31.2 Å². The molecule has 1 aromatic rings. The van der Waals surface area contributed by atoms with E-state index in [9.17, 15) is 5.11 Å². The number of fused-ring (bicyclic) bond motifs is 1. The van der Waals surface area contributed by atoms with Crippen LogP contribution >= 0.6 is 0 Å². The van der Waals surface area contributed by atoms with Gasteiger partial charge in [-0.3, -0.25) is 0 Å². The zero-order valence-electron chi connectivity index (χ0n) is 11.2. The maximum absolute atomic E-state index is 10.1. The van der Waals surface area contributed by atoms with Crippen LogP contribution in [0.15, 0.2) is 42.5 Å². The molecule has 0 aromatic heterocycles. The van der Waals surface area contributed by atoms with E-state index < -0.39 is 0 Å². The van der Waals surface area contributed by atoms with Crippen molar-refractivity contribution in [3.05, 3.63) is 48.0 Å². The molecule has 1 aromatic carbocycles. The van der Waals surface area contributed by atoms with E-state index in [4.69, 9.17) is 4.74 Å². The predicted molar refractivity (Wildman–Crippen MR) is 75.6 cm³/mol. The fourth-order valence-corrected chi connectivity index (χ4v) is 3.47. The summed E-state index contributed by atoms with van der Waals surface area (Å²) in [6.45, 7) is 0.689. The lowest BCUT2D eigenvalue weighted by atomic mass is 9.70. The van der Waals surface area contributed by atoms with Crippen LogP contribution in [0.3, 0.4) is 0 Å². The average Bonchev–Trinajstić information content (AvgIpc) is 2.48. The summed E-state index contributed by atoms with van der Waals surface area (Å²) in [5, 5.41) is 10.1. The van der Waals surface area contributed by atoms with Crippen LogP contribution in [0.5, 0.6) is 0 Å². The van der Waals surface area contributed by atoms with Crippen molar-refractivity contribution in [2.45, 2.75) is 44.5 Å². The van der Waals surface area contributed by atoms with Crippen LogP contribution in [0.25, 0.3) is 0 Å². The highest BCUT2D eigenvalue weighted by molar-refractivity contribution is 5.13. The molecule has 0 unspecified atom stereocenters. The van der Waals surface area contributed by atoms with Gasteiger partial charge in [-0.05, 0) is 43.1 Å². The number of ether oxygens (including phenoxy) is 1. The second-order valence-corrected chi connectivity index (χ2v) is 5.75. The molecule has 1 fully saturated rings. The van der Waals surface area contributed by atoms with Gasteiger partial charge >= 0.3 is 0 Å². The first-order valence-electron chi connectivity index (χ1n) is 7.33. The van der Waals surface area contributed by atoms with Crippen LogP contribution in [0, 0.1) is 11.8 Å². The van der Waals surface area contributed by atoms with Crippen LogP contribution in [-0.2, 0) is 11.3 Å². The Balaban J connectivity index is 1.63. The SMILES string of the molecule is O[C@H]1CC[C@H](OCc2ccccc2)[C@H]2CC=CC[C@H]21. The minimum absolute atomic E-state index is 0.133. The minimum Gasteiger partial charge on any atom is -0.393 e. The molecule has 2 nitrogen and oxygen atoms in total. The van der Waals surface area contributed by atoms with E-state index in [2.05, 4.69) is 36.4 Å². The molecular weight excluding hydrogens is 236 g/mol. The molecule has 4 atom stereocenters. The smallest absolute Gasteiger partial charge is 0.0720 e. The van der Waals surface area contributed by atoms with Gasteiger partial charge in [0.2, 0.25) is 0 Å². The number of hydrogen-bond acceptors (Lipinski definition) is 2. The first-order chi connectivity index (χ1) is 9.34. The number of aliphatic hydroxyl groups is 1. The van der Waals surface area contributed by atoms with Crippen molar-refractivity contribution < 1.29 is 9.84 Å². The highest BCUT2D eigenvalue weighted by atomic mass is 16.5. The monoisotopic (exact) mass is 258 g/mol. The molecule has 2 heteroatoms. The van der Waals surface area contributed by atoms with Gasteiger partial charge in [-0.15, -0.1) is 0 Å². The maximum Gasteiger partial charge on any atom is 0.0720 e. The van der Waals surface area contributed by atoms with Crippen molar-refractivity contribution in [2.75, 3.05) is 0 Å². The first kappa shape index (κ1) is 12.9. The standard InChI is InChI=1S/C17H22O2/c18-16-10-11-17(15-9-5-4-8-14(15)16)19-12-13-6-2-1-3-7-13/h1-7,14-18H,8-12H2/t14-,15+,16+,17+/m1/s1. The topological polar surface area (TPSA) is 29.5 Å². The molecule has 0 spiro atoms. The summed E-state index contributed by atoms with van der Waals surface area (Å²) in [6.07, 6.45) is 8.57. The summed E-state index contributed by atoms with van der Waals surface area (Å²) in [5.41, 5.74) is 1.23. The molecule has 0 heterocycles. The Bertz CT molecular complexity index is 426. The highest BCUT2D eigenvalue weighted by Gasteiger charge is 2.39. The second kappa shape index (κ2) is 5.89. The molecule has 102 valence electrons. The van der Waals surface area contributed by atoms with E-state index >= 15 is 0 Å². The number of aliphatic hydroxyl groups excluding tert-OH is 1. The lowest BCUT2D eigenvalue weighted by molar-refractivity contribution is -0.0847. The summed E-state index contributed by atoms with van der Waals surface area (Å²) in [4.78, 5) is 0. The Morgan fingerprint density at radius 3 is 2.53 bits per heavy atom. The Hall–Kier alpha value is -1.12. The van der Waals surface area contributed by atoms with Crippen molar-refractivity contribution in [3.8, 4) is 0 Å². The largest absolute Gasteiger partial charge is 0.393 e. The summed E-state index contributed by atoms with van der Waals surface area (Å²) >= 11 is 0. The van der Waals surface area contributed by atoms with Crippen LogP contribution < -0.4 is 0 Å². The number of hydrogen-bond donors (Lipinski definition) is 1. The molecule has 0 aliphatic heterocycles. The lowest BCUT2D eigenvalue weighted by Gasteiger charge is -2.42. The molecule has 0 bridgehead atoms. The summed E-state index contributed by atoms with van der Waals surface area (Å²) in [6, 6.07) is 10.3. The zero-order valence-corrected chi connectivity index (χ0v) is 11.2. The number of rotatable bonds is 3. The third kappa shape index (κ3) is 2.90. The van der Waals surface area contributed by atoms with Gasteiger partial charge in [0.25, 0.3) is 0 Å².